The van der Waals surface area contributed by atoms with E-state index in [1.165, 1.54) is 0 Å². The van der Waals surface area contributed by atoms with Gasteiger partial charge in [-0.15, -0.1) is 0 Å². The number of halogens is 2. The van der Waals surface area contributed by atoms with Crippen LogP contribution in [0.4, 0.5) is 0 Å². The number of H-pyrrole nitrogens is 1. The Morgan fingerprint density at radius 2 is 1.94 bits per heavy atom. The van der Waals surface area contributed by atoms with E-state index in [9.17, 15) is 9.59 Å². The number of nitrogens with one attached hydrogen (secondary N) is 1. The zero-order chi connectivity index (χ0) is 23.0. The molecule has 2 aromatic carbocycles. The summed E-state index contributed by atoms with van der Waals surface area (Å²) in [5.74, 6) is -0.663. The first-order valence-electron chi connectivity index (χ1n) is 9.57. The number of aromatic amines is 1. The van der Waals surface area contributed by atoms with Gasteiger partial charge in [-0.05, 0) is 43.7 Å². The fourth-order valence-corrected chi connectivity index (χ4v) is 3.92. The Labute approximate surface area is 191 Å². The molecule has 0 bridgehead atoms. The number of carbonyl (C=O) groups excluding carboxylic acids is 1. The number of rotatable bonds is 7. The second-order valence-corrected chi connectivity index (χ2v) is 8.06. The summed E-state index contributed by atoms with van der Waals surface area (Å²) in [5.41, 5.74) is 2.13. The Hall–Kier alpha value is -3.30. The first-order valence-corrected chi connectivity index (χ1v) is 10.3. The van der Waals surface area contributed by atoms with Crippen LogP contribution in [0.1, 0.15) is 36.1 Å². The van der Waals surface area contributed by atoms with Crippen LogP contribution < -0.4 is 15.2 Å². The average molecular weight is 477 g/mol. The maximum atomic E-state index is 12.2. The number of ketones is 1. The normalized spacial score (nSPS) is 11.3. The molecule has 0 atom stereocenters. The Kier molecular flexibility index (Phi) is 5.94. The highest BCUT2D eigenvalue weighted by Crippen LogP contribution is 2.39. The lowest BCUT2D eigenvalue weighted by Gasteiger charge is -2.13. The maximum absolute atomic E-state index is 12.2. The van der Waals surface area contributed by atoms with Crippen LogP contribution in [0.25, 0.3) is 11.0 Å². The first-order chi connectivity index (χ1) is 15.3. The Morgan fingerprint density at radius 3 is 2.53 bits per heavy atom. The van der Waals surface area contributed by atoms with Gasteiger partial charge in [0.15, 0.2) is 5.75 Å². The van der Waals surface area contributed by atoms with Gasteiger partial charge in [-0.25, -0.2) is 4.79 Å². The van der Waals surface area contributed by atoms with Crippen molar-refractivity contribution >= 4 is 40.0 Å². The van der Waals surface area contributed by atoms with Crippen molar-refractivity contribution in [2.75, 3.05) is 7.11 Å². The Morgan fingerprint density at radius 1 is 1.22 bits per heavy atom. The molecule has 166 valence electrons. The molecule has 2 heterocycles. The number of hydrogen-bond acceptors (Lipinski definition) is 7. The SMILES string of the molecule is COc1nc2ccc(Oc3c(Cl)cc(CC(=O)c4noc(=O)[nH]4)cc3Cl)cc2n1C(C)C. The highest BCUT2D eigenvalue weighted by molar-refractivity contribution is 6.37. The number of nitrogens with zero attached hydrogens (tertiary/aromatic N) is 3. The van der Waals surface area contributed by atoms with Crippen molar-refractivity contribution in [3.63, 3.8) is 0 Å². The molecule has 1 N–H and O–H groups in total. The van der Waals surface area contributed by atoms with Gasteiger partial charge < -0.3 is 9.47 Å². The number of methoxy groups -OCH3 is 1. The predicted molar refractivity (Wildman–Crippen MR) is 118 cm³/mol. The number of hydrogen-bond donors (Lipinski definition) is 1. The van der Waals surface area contributed by atoms with Crippen LogP contribution in [0.2, 0.25) is 10.0 Å². The summed E-state index contributed by atoms with van der Waals surface area (Å²) in [6.07, 6.45) is -0.0818. The lowest BCUT2D eigenvalue weighted by molar-refractivity contribution is 0.0980. The number of Topliss-reactive ketones (excluding diaryl/α,β-unsaturated/α-hetero) is 1. The molecule has 4 aromatic rings. The van der Waals surface area contributed by atoms with Crippen molar-refractivity contribution in [3.05, 3.63) is 62.3 Å². The minimum absolute atomic E-state index is 0.0818. The monoisotopic (exact) mass is 476 g/mol. The van der Waals surface area contributed by atoms with E-state index in [1.807, 2.05) is 30.5 Å². The van der Waals surface area contributed by atoms with Gasteiger partial charge in [0.05, 0.1) is 28.2 Å². The molecular formula is C21H18Cl2N4O5. The zero-order valence-corrected chi connectivity index (χ0v) is 18.8. The minimum atomic E-state index is -0.804. The highest BCUT2D eigenvalue weighted by atomic mass is 35.5. The summed E-state index contributed by atoms with van der Waals surface area (Å²) < 4.78 is 17.6. The summed E-state index contributed by atoms with van der Waals surface area (Å²) in [6, 6.07) is 9.16. The molecule has 0 aliphatic rings. The van der Waals surface area contributed by atoms with Gasteiger partial charge >= 0.3 is 5.76 Å². The van der Waals surface area contributed by atoms with Crippen LogP contribution in [0.15, 0.2) is 39.6 Å². The number of aromatic nitrogens is 4. The Bertz CT molecular complexity index is 1350. The standard InChI is InChI=1S/C21H18Cl2N4O5/c1-10(2)27-16-9-12(4-5-15(16)24-20(27)30-3)31-18-13(22)6-11(7-14(18)23)8-17(28)19-25-21(29)32-26-19/h4-7,9-10H,8H2,1-3H3,(H,25,26,29). The number of fused-ring (bicyclic) bond motifs is 1. The summed E-state index contributed by atoms with van der Waals surface area (Å²) in [4.78, 5) is 29.9. The molecule has 0 aliphatic carbocycles. The van der Waals surface area contributed by atoms with Crippen LogP contribution in [0.3, 0.4) is 0 Å². The lowest BCUT2D eigenvalue weighted by atomic mass is 10.1. The van der Waals surface area contributed by atoms with Gasteiger partial charge in [0.25, 0.3) is 6.01 Å². The molecule has 0 aliphatic heterocycles. The van der Waals surface area contributed by atoms with E-state index in [1.54, 1.807) is 25.3 Å². The fraction of sp³-hybridized carbons (Fsp3) is 0.238. The summed E-state index contributed by atoms with van der Waals surface area (Å²) in [7, 11) is 1.57. The third-order valence-electron chi connectivity index (χ3n) is 4.67. The molecule has 0 saturated carbocycles. The van der Waals surface area contributed by atoms with Crippen LogP contribution in [0.5, 0.6) is 17.5 Å². The number of imidazole rings is 1. The molecule has 2 aromatic heterocycles. The topological polar surface area (TPSA) is 112 Å². The van der Waals surface area contributed by atoms with Crippen LogP contribution in [-0.4, -0.2) is 32.6 Å². The average Bonchev–Trinajstić information content (AvgIpc) is 3.33. The number of ether oxygens (including phenoxy) is 2. The largest absolute Gasteiger partial charge is 0.468 e. The molecular weight excluding hydrogens is 459 g/mol. The van der Waals surface area contributed by atoms with Gasteiger partial charge in [-0.1, -0.05) is 28.4 Å². The first kappa shape index (κ1) is 21.9. The third kappa shape index (κ3) is 4.21. The van der Waals surface area contributed by atoms with Crippen molar-refractivity contribution in [1.82, 2.24) is 19.7 Å². The molecule has 11 heteroatoms. The van der Waals surface area contributed by atoms with Gasteiger partial charge in [-0.3, -0.25) is 18.9 Å². The summed E-state index contributed by atoms with van der Waals surface area (Å²) in [6.45, 7) is 4.05. The molecule has 0 unspecified atom stereocenters. The molecule has 32 heavy (non-hydrogen) atoms. The smallest absolute Gasteiger partial charge is 0.439 e. The van der Waals surface area contributed by atoms with E-state index >= 15 is 0 Å². The van der Waals surface area contributed by atoms with E-state index in [2.05, 4.69) is 19.6 Å². The quantitative estimate of drug-likeness (QED) is 0.380. The van der Waals surface area contributed by atoms with Crippen molar-refractivity contribution in [2.24, 2.45) is 0 Å². The van der Waals surface area contributed by atoms with Crippen LogP contribution in [-0.2, 0) is 6.42 Å². The fourth-order valence-electron chi connectivity index (χ4n) is 3.31. The van der Waals surface area contributed by atoms with Gasteiger partial charge in [0, 0.05) is 18.5 Å². The van der Waals surface area contributed by atoms with Crippen molar-refractivity contribution < 1.29 is 18.8 Å². The van der Waals surface area contributed by atoms with E-state index < -0.39 is 11.5 Å². The zero-order valence-electron chi connectivity index (χ0n) is 17.3. The highest BCUT2D eigenvalue weighted by Gasteiger charge is 2.18. The second-order valence-electron chi connectivity index (χ2n) is 7.25. The van der Waals surface area contributed by atoms with E-state index in [0.29, 0.717) is 17.3 Å². The predicted octanol–water partition coefficient (Wildman–Crippen LogP) is 4.83. The number of benzene rings is 2. The molecule has 4 rings (SSSR count). The van der Waals surface area contributed by atoms with Crippen molar-refractivity contribution in [3.8, 4) is 17.5 Å². The molecule has 0 amide bonds. The summed E-state index contributed by atoms with van der Waals surface area (Å²) in [5, 5.41) is 3.83. The van der Waals surface area contributed by atoms with Crippen molar-refractivity contribution in [1.29, 1.82) is 0 Å². The van der Waals surface area contributed by atoms with Gasteiger partial charge in [0.1, 0.15) is 5.75 Å². The van der Waals surface area contributed by atoms with E-state index in [0.717, 1.165) is 11.0 Å². The van der Waals surface area contributed by atoms with Crippen LogP contribution in [0, 0.1) is 0 Å². The van der Waals surface area contributed by atoms with Gasteiger partial charge in [-0.2, -0.15) is 4.98 Å². The van der Waals surface area contributed by atoms with Gasteiger partial charge in [0.2, 0.25) is 11.6 Å². The Balaban J connectivity index is 1.62. The third-order valence-corrected chi connectivity index (χ3v) is 5.24. The molecule has 0 spiro atoms. The van der Waals surface area contributed by atoms with E-state index in [4.69, 9.17) is 32.7 Å². The lowest BCUT2D eigenvalue weighted by Crippen LogP contribution is -2.08. The summed E-state index contributed by atoms with van der Waals surface area (Å²) >= 11 is 12.8. The molecule has 0 fully saturated rings. The van der Waals surface area contributed by atoms with E-state index in [-0.39, 0.29) is 34.1 Å². The molecule has 0 saturated heterocycles. The minimum Gasteiger partial charge on any atom is -0.468 e. The van der Waals surface area contributed by atoms with Crippen molar-refractivity contribution in [2.45, 2.75) is 26.3 Å². The molecule has 0 radical (unpaired) electrons. The molecule has 9 nitrogen and oxygen atoms in total. The second kappa shape index (κ2) is 8.68. The van der Waals surface area contributed by atoms with Crippen LogP contribution >= 0.6 is 23.2 Å². The number of carbonyl (C=O) groups is 1. The maximum Gasteiger partial charge on any atom is 0.439 e.